The van der Waals surface area contributed by atoms with Crippen LogP contribution in [-0.4, -0.2) is 17.4 Å². The lowest BCUT2D eigenvalue weighted by Gasteiger charge is -2.19. The molecule has 0 aliphatic carbocycles. The number of carbonyl (C=O) groups excluding carboxylic acids is 1. The summed E-state index contributed by atoms with van der Waals surface area (Å²) in [5.74, 6) is 0.0105. The molecule has 0 saturated heterocycles. The summed E-state index contributed by atoms with van der Waals surface area (Å²) in [5.41, 5.74) is 2.09. The van der Waals surface area contributed by atoms with Gasteiger partial charge in [-0.25, -0.2) is 0 Å². The van der Waals surface area contributed by atoms with Gasteiger partial charge in [0, 0.05) is 24.2 Å². The highest BCUT2D eigenvalue weighted by Crippen LogP contribution is 2.11. The van der Waals surface area contributed by atoms with E-state index in [1.807, 2.05) is 72.5 Å². The van der Waals surface area contributed by atoms with Gasteiger partial charge in [0.2, 0.25) is 5.91 Å². The Morgan fingerprint density at radius 1 is 1.10 bits per heavy atom. The molecule has 2 aromatic carbocycles. The third kappa shape index (κ3) is 4.76. The molecule has 108 valence electrons. The van der Waals surface area contributed by atoms with Crippen LogP contribution in [0.25, 0.3) is 6.08 Å². The number of benzene rings is 2. The minimum absolute atomic E-state index is 0.0105. The van der Waals surface area contributed by atoms with Gasteiger partial charge in [-0.1, -0.05) is 54.1 Å². The molecule has 2 nitrogen and oxygen atoms in total. The number of carbonyl (C=O) groups is 1. The average Bonchev–Trinajstić information content (AvgIpc) is 2.52. The number of rotatable bonds is 5. The predicted octanol–water partition coefficient (Wildman–Crippen LogP) is 4.40. The molecule has 0 unspecified atom stereocenters. The Hall–Kier alpha value is -2.06. The fraction of sp³-hybridized carbons (Fsp3) is 0.167. The topological polar surface area (TPSA) is 20.3 Å². The van der Waals surface area contributed by atoms with Gasteiger partial charge in [0.15, 0.2) is 0 Å². The number of halogens is 1. The first kappa shape index (κ1) is 15.3. The van der Waals surface area contributed by atoms with Crippen LogP contribution in [0.4, 0.5) is 0 Å². The van der Waals surface area contributed by atoms with E-state index >= 15 is 0 Å². The van der Waals surface area contributed by atoms with Crippen molar-refractivity contribution in [1.29, 1.82) is 0 Å². The van der Waals surface area contributed by atoms with E-state index < -0.39 is 0 Å². The number of amides is 1. The van der Waals surface area contributed by atoms with Gasteiger partial charge in [-0.15, -0.1) is 0 Å². The summed E-state index contributed by atoms with van der Waals surface area (Å²) >= 11 is 5.84. The second-order valence-corrected chi connectivity index (χ2v) is 5.16. The van der Waals surface area contributed by atoms with Crippen LogP contribution in [0.1, 0.15) is 18.1 Å². The summed E-state index contributed by atoms with van der Waals surface area (Å²) < 4.78 is 0. The van der Waals surface area contributed by atoms with Gasteiger partial charge in [0.1, 0.15) is 0 Å². The lowest BCUT2D eigenvalue weighted by molar-refractivity contribution is -0.126. The second kappa shape index (κ2) is 7.65. The van der Waals surface area contributed by atoms with E-state index in [-0.39, 0.29) is 5.91 Å². The van der Waals surface area contributed by atoms with Crippen molar-refractivity contribution in [1.82, 2.24) is 4.90 Å². The zero-order valence-corrected chi connectivity index (χ0v) is 12.8. The van der Waals surface area contributed by atoms with Crippen molar-refractivity contribution < 1.29 is 4.79 Å². The molecule has 0 radical (unpaired) electrons. The van der Waals surface area contributed by atoms with Crippen molar-refractivity contribution in [2.75, 3.05) is 6.54 Å². The van der Waals surface area contributed by atoms with E-state index in [1.54, 1.807) is 6.08 Å². The van der Waals surface area contributed by atoms with Crippen LogP contribution in [0.3, 0.4) is 0 Å². The molecule has 1 amide bonds. The average molecular weight is 300 g/mol. The number of hydrogen-bond acceptors (Lipinski definition) is 1. The molecule has 0 fully saturated rings. The van der Waals surface area contributed by atoms with Crippen molar-refractivity contribution in [2.45, 2.75) is 13.5 Å². The molecule has 2 aromatic rings. The minimum atomic E-state index is 0.0105. The van der Waals surface area contributed by atoms with Crippen LogP contribution >= 0.6 is 11.6 Å². The molecule has 0 N–H and O–H groups in total. The van der Waals surface area contributed by atoms with Crippen molar-refractivity contribution >= 4 is 23.6 Å². The highest BCUT2D eigenvalue weighted by Gasteiger charge is 2.08. The normalized spacial score (nSPS) is 10.8. The lowest BCUT2D eigenvalue weighted by atomic mass is 10.2. The lowest BCUT2D eigenvalue weighted by Crippen LogP contribution is -2.28. The van der Waals surface area contributed by atoms with E-state index in [0.717, 1.165) is 11.1 Å². The van der Waals surface area contributed by atoms with E-state index in [2.05, 4.69) is 0 Å². The standard InChI is InChI=1S/C18H18ClNO/c1-2-20(14-16-6-4-3-5-7-16)18(21)13-10-15-8-11-17(19)12-9-15/h3-13H,2,14H2,1H3/b13-10+. The Balaban J connectivity index is 2.01. The first-order valence-electron chi connectivity index (χ1n) is 6.95. The quantitative estimate of drug-likeness (QED) is 0.749. The van der Waals surface area contributed by atoms with Crippen LogP contribution in [0.15, 0.2) is 60.7 Å². The van der Waals surface area contributed by atoms with Gasteiger partial charge < -0.3 is 4.90 Å². The van der Waals surface area contributed by atoms with E-state index in [4.69, 9.17) is 11.6 Å². The SMILES string of the molecule is CCN(Cc1ccccc1)C(=O)/C=C/c1ccc(Cl)cc1. The Morgan fingerprint density at radius 3 is 2.38 bits per heavy atom. The highest BCUT2D eigenvalue weighted by molar-refractivity contribution is 6.30. The van der Waals surface area contributed by atoms with Gasteiger partial charge in [-0.2, -0.15) is 0 Å². The third-order valence-corrected chi connectivity index (χ3v) is 3.45. The monoisotopic (exact) mass is 299 g/mol. The first-order chi connectivity index (χ1) is 10.2. The maximum absolute atomic E-state index is 12.2. The fourth-order valence-electron chi connectivity index (χ4n) is 2.00. The van der Waals surface area contributed by atoms with Crippen molar-refractivity contribution in [3.05, 3.63) is 76.8 Å². The first-order valence-corrected chi connectivity index (χ1v) is 7.33. The molecule has 2 rings (SSSR count). The minimum Gasteiger partial charge on any atom is -0.335 e. The molecule has 0 aliphatic rings. The Labute approximate surface area is 130 Å². The molecule has 0 atom stereocenters. The van der Waals surface area contributed by atoms with Crippen LogP contribution in [0, 0.1) is 0 Å². The number of hydrogen-bond donors (Lipinski definition) is 0. The molecular weight excluding hydrogens is 282 g/mol. The zero-order valence-electron chi connectivity index (χ0n) is 12.0. The molecule has 0 bridgehead atoms. The smallest absolute Gasteiger partial charge is 0.246 e. The van der Waals surface area contributed by atoms with Crippen LogP contribution in [-0.2, 0) is 11.3 Å². The molecule has 3 heteroatoms. The van der Waals surface area contributed by atoms with Gasteiger partial charge >= 0.3 is 0 Å². The Bertz CT molecular complexity index is 605. The Morgan fingerprint density at radius 2 is 1.76 bits per heavy atom. The molecule has 21 heavy (non-hydrogen) atoms. The number of likely N-dealkylation sites (N-methyl/N-ethyl adjacent to an activating group) is 1. The predicted molar refractivity (Wildman–Crippen MR) is 88.0 cm³/mol. The summed E-state index contributed by atoms with van der Waals surface area (Å²) in [6.07, 6.45) is 3.42. The fourth-order valence-corrected chi connectivity index (χ4v) is 2.12. The zero-order chi connectivity index (χ0) is 15.1. The summed E-state index contributed by atoms with van der Waals surface area (Å²) in [4.78, 5) is 14.0. The van der Waals surface area contributed by atoms with Crippen molar-refractivity contribution in [3.8, 4) is 0 Å². The molecule has 0 spiro atoms. The molecule has 0 saturated carbocycles. The molecule has 0 aliphatic heterocycles. The summed E-state index contributed by atoms with van der Waals surface area (Å²) in [6, 6.07) is 17.4. The molecule has 0 heterocycles. The van der Waals surface area contributed by atoms with Crippen molar-refractivity contribution in [3.63, 3.8) is 0 Å². The third-order valence-electron chi connectivity index (χ3n) is 3.20. The highest BCUT2D eigenvalue weighted by atomic mass is 35.5. The van der Waals surface area contributed by atoms with Crippen LogP contribution in [0.5, 0.6) is 0 Å². The summed E-state index contributed by atoms with van der Waals surface area (Å²) in [7, 11) is 0. The maximum atomic E-state index is 12.2. The van der Waals surface area contributed by atoms with Crippen molar-refractivity contribution in [2.24, 2.45) is 0 Å². The molecule has 0 aromatic heterocycles. The summed E-state index contributed by atoms with van der Waals surface area (Å²) in [5, 5.41) is 0.692. The van der Waals surface area contributed by atoms with Crippen LogP contribution < -0.4 is 0 Å². The largest absolute Gasteiger partial charge is 0.335 e. The van der Waals surface area contributed by atoms with E-state index in [1.165, 1.54) is 0 Å². The Kier molecular flexibility index (Phi) is 5.59. The van der Waals surface area contributed by atoms with E-state index in [9.17, 15) is 4.79 Å². The van der Waals surface area contributed by atoms with Crippen LogP contribution in [0.2, 0.25) is 5.02 Å². The van der Waals surface area contributed by atoms with Gasteiger partial charge in [-0.05, 0) is 36.3 Å². The van der Waals surface area contributed by atoms with E-state index in [0.29, 0.717) is 18.1 Å². The maximum Gasteiger partial charge on any atom is 0.246 e. The van der Waals surface area contributed by atoms with Gasteiger partial charge in [0.05, 0.1) is 0 Å². The number of nitrogens with zero attached hydrogens (tertiary/aromatic N) is 1. The summed E-state index contributed by atoms with van der Waals surface area (Å²) in [6.45, 7) is 3.29. The second-order valence-electron chi connectivity index (χ2n) is 4.72. The molecular formula is C18H18ClNO. The van der Waals surface area contributed by atoms with Gasteiger partial charge in [0.25, 0.3) is 0 Å². The van der Waals surface area contributed by atoms with Gasteiger partial charge in [-0.3, -0.25) is 4.79 Å².